The van der Waals surface area contributed by atoms with Crippen molar-refractivity contribution >= 4 is 51.7 Å². The van der Waals surface area contributed by atoms with Crippen LogP contribution in [-0.2, 0) is 9.59 Å². The molecule has 1 N–H and O–H groups in total. The van der Waals surface area contributed by atoms with Crippen molar-refractivity contribution in [3.63, 3.8) is 0 Å². The molecule has 4 rings (SSSR count). The van der Waals surface area contributed by atoms with E-state index in [-0.39, 0.29) is 30.6 Å². The predicted octanol–water partition coefficient (Wildman–Crippen LogP) is 5.06. The third-order valence-corrected chi connectivity index (χ3v) is 6.36. The molecule has 0 bridgehead atoms. The molecule has 162 valence electrons. The molecule has 3 aromatic rings. The van der Waals surface area contributed by atoms with Crippen LogP contribution >= 0.6 is 11.3 Å². The molecular weight excluding hydrogens is 422 g/mol. The number of hydrogen-bond donors (Lipinski definition) is 1. The minimum Gasteiger partial charge on any atom is -0.325 e. The van der Waals surface area contributed by atoms with E-state index >= 15 is 0 Å². The fourth-order valence-corrected chi connectivity index (χ4v) is 4.25. The lowest BCUT2D eigenvalue weighted by molar-refractivity contribution is -0.120. The highest BCUT2D eigenvalue weighted by atomic mass is 32.1. The summed E-state index contributed by atoms with van der Waals surface area (Å²) < 4.78 is 0. The van der Waals surface area contributed by atoms with Gasteiger partial charge in [-0.05, 0) is 79.7 Å². The van der Waals surface area contributed by atoms with Crippen LogP contribution in [-0.4, -0.2) is 29.9 Å². The average Bonchev–Trinajstić information content (AvgIpc) is 3.25. The third kappa shape index (κ3) is 4.53. The van der Waals surface area contributed by atoms with E-state index in [1.54, 1.807) is 24.3 Å². The molecule has 7 heteroatoms. The van der Waals surface area contributed by atoms with E-state index in [1.807, 2.05) is 43.5 Å². The molecular formula is C25H23N3O3S. The Morgan fingerprint density at radius 2 is 1.81 bits per heavy atom. The Morgan fingerprint density at radius 3 is 2.47 bits per heavy atom. The maximum Gasteiger partial charge on any atom is 0.244 e. The number of Topliss-reactive ketones (excluding diaryl/α,β-unsaturated/α-hetero) is 1. The number of thiophene rings is 1. The van der Waals surface area contributed by atoms with Gasteiger partial charge in [0.05, 0.1) is 23.5 Å². The van der Waals surface area contributed by atoms with Crippen molar-refractivity contribution in [3.8, 4) is 0 Å². The molecule has 32 heavy (non-hydrogen) atoms. The van der Waals surface area contributed by atoms with Gasteiger partial charge in [-0.1, -0.05) is 6.07 Å². The van der Waals surface area contributed by atoms with Gasteiger partial charge >= 0.3 is 0 Å². The van der Waals surface area contributed by atoms with Crippen LogP contribution in [0.2, 0.25) is 0 Å². The number of nitrogens with zero attached hydrogens (tertiary/aromatic N) is 2. The first kappa shape index (κ1) is 21.6. The van der Waals surface area contributed by atoms with E-state index in [0.717, 1.165) is 16.0 Å². The maximum absolute atomic E-state index is 13.2. The zero-order valence-corrected chi connectivity index (χ0v) is 19.0. The number of nitrogens with one attached hydrogen (secondary N) is 1. The summed E-state index contributed by atoms with van der Waals surface area (Å²) in [6.07, 6.45) is 0.119. The third-order valence-electron chi connectivity index (χ3n) is 5.44. The number of hydrogen-bond acceptors (Lipinski definition) is 5. The topological polar surface area (TPSA) is 78.8 Å². The lowest BCUT2D eigenvalue weighted by Crippen LogP contribution is -2.38. The van der Waals surface area contributed by atoms with Crippen LogP contribution in [0.5, 0.6) is 0 Å². The predicted molar refractivity (Wildman–Crippen MR) is 128 cm³/mol. The van der Waals surface area contributed by atoms with E-state index in [1.165, 1.54) is 23.2 Å². The molecule has 1 aliphatic heterocycles. The zero-order valence-electron chi connectivity index (χ0n) is 18.1. The van der Waals surface area contributed by atoms with Gasteiger partial charge < -0.3 is 10.2 Å². The summed E-state index contributed by atoms with van der Waals surface area (Å²) in [5, 5.41) is 4.77. The average molecular weight is 446 g/mol. The fraction of sp³-hybridized carbons (Fsp3) is 0.200. The van der Waals surface area contributed by atoms with Crippen LogP contribution in [0, 0.1) is 13.8 Å². The Hall–Kier alpha value is -3.58. The normalized spacial score (nSPS) is 13.3. The van der Waals surface area contributed by atoms with E-state index in [9.17, 15) is 14.4 Å². The highest BCUT2D eigenvalue weighted by Gasteiger charge is 2.27. The Morgan fingerprint density at radius 1 is 1.09 bits per heavy atom. The van der Waals surface area contributed by atoms with E-state index in [2.05, 4.69) is 5.32 Å². The van der Waals surface area contributed by atoms with Gasteiger partial charge in [0.1, 0.15) is 6.54 Å². The van der Waals surface area contributed by atoms with Crippen LogP contribution in [0.3, 0.4) is 0 Å². The molecule has 0 radical (unpaired) electrons. The lowest BCUT2D eigenvalue weighted by Gasteiger charge is -2.23. The molecule has 0 fully saturated rings. The number of fused-ring (bicyclic) bond motifs is 1. The number of anilines is 2. The summed E-state index contributed by atoms with van der Waals surface area (Å²) in [5.74, 6) is -0.541. The first-order chi connectivity index (χ1) is 15.3. The van der Waals surface area contributed by atoms with Crippen molar-refractivity contribution in [2.45, 2.75) is 27.2 Å². The summed E-state index contributed by atoms with van der Waals surface area (Å²) in [5.41, 5.74) is 5.26. The number of aryl methyl sites for hydroxylation is 2. The second-order valence-corrected chi connectivity index (χ2v) is 8.75. The standard InChI is InChI=1S/C25H23N3O3S/c1-15-11-20-22(12-16(15)2)28(25(31)13-21(27-20)23-5-4-10-32-23)14-24(30)26-19-8-6-18(7-9-19)17(3)29/h4-12H,13-14H2,1-3H3,(H,26,30). The summed E-state index contributed by atoms with van der Waals surface area (Å²) in [6.45, 7) is 5.34. The van der Waals surface area contributed by atoms with Gasteiger partial charge in [0.15, 0.2) is 5.78 Å². The number of carbonyl (C=O) groups excluding carboxylic acids is 3. The Kier molecular flexibility index (Phi) is 6.01. The Labute approximate surface area is 190 Å². The number of amides is 2. The minimum absolute atomic E-state index is 0.0399. The van der Waals surface area contributed by atoms with Gasteiger partial charge in [-0.15, -0.1) is 11.3 Å². The molecule has 2 amide bonds. The molecule has 0 atom stereocenters. The van der Waals surface area contributed by atoms with Crippen LogP contribution in [0.4, 0.5) is 17.1 Å². The molecule has 1 aromatic heterocycles. The Balaban J connectivity index is 1.62. The number of ketones is 1. The summed E-state index contributed by atoms with van der Waals surface area (Å²) >= 11 is 1.54. The highest BCUT2D eigenvalue weighted by molar-refractivity contribution is 7.12. The van der Waals surface area contributed by atoms with Gasteiger partial charge in [0, 0.05) is 16.1 Å². The van der Waals surface area contributed by atoms with Gasteiger partial charge in [0.25, 0.3) is 0 Å². The van der Waals surface area contributed by atoms with Gasteiger partial charge in [-0.3, -0.25) is 14.4 Å². The van der Waals surface area contributed by atoms with Crippen LogP contribution in [0.1, 0.15) is 39.7 Å². The smallest absolute Gasteiger partial charge is 0.244 e. The van der Waals surface area contributed by atoms with Crippen LogP contribution in [0.25, 0.3) is 0 Å². The van der Waals surface area contributed by atoms with Crippen LogP contribution < -0.4 is 10.2 Å². The highest BCUT2D eigenvalue weighted by Crippen LogP contribution is 2.36. The first-order valence-corrected chi connectivity index (χ1v) is 11.1. The largest absolute Gasteiger partial charge is 0.325 e. The molecule has 6 nitrogen and oxygen atoms in total. The molecule has 1 aliphatic rings. The molecule has 0 saturated carbocycles. The molecule has 2 aromatic carbocycles. The zero-order chi connectivity index (χ0) is 22.8. The van der Waals surface area contributed by atoms with Crippen molar-refractivity contribution in [2.24, 2.45) is 4.99 Å². The minimum atomic E-state index is -0.322. The SMILES string of the molecule is CC(=O)c1ccc(NC(=O)CN2C(=O)CC(c3cccs3)=Nc3cc(C)c(C)cc32)cc1. The molecule has 0 aliphatic carbocycles. The van der Waals surface area contributed by atoms with Gasteiger partial charge in [-0.2, -0.15) is 0 Å². The van der Waals surface area contributed by atoms with Crippen molar-refractivity contribution in [1.82, 2.24) is 0 Å². The molecule has 0 unspecified atom stereocenters. The van der Waals surface area contributed by atoms with Crippen molar-refractivity contribution in [3.05, 3.63) is 75.5 Å². The number of benzene rings is 2. The summed E-state index contributed by atoms with van der Waals surface area (Å²) in [4.78, 5) is 44.7. The van der Waals surface area contributed by atoms with E-state index < -0.39 is 0 Å². The maximum atomic E-state index is 13.2. The van der Waals surface area contributed by atoms with Crippen molar-refractivity contribution < 1.29 is 14.4 Å². The molecule has 2 heterocycles. The van der Waals surface area contributed by atoms with Gasteiger partial charge in [0.2, 0.25) is 11.8 Å². The second-order valence-electron chi connectivity index (χ2n) is 7.80. The monoisotopic (exact) mass is 445 g/mol. The van der Waals surface area contributed by atoms with E-state index in [4.69, 9.17) is 4.99 Å². The molecule has 0 saturated heterocycles. The fourth-order valence-electron chi connectivity index (χ4n) is 3.54. The number of rotatable bonds is 5. The number of carbonyl (C=O) groups is 3. The van der Waals surface area contributed by atoms with Gasteiger partial charge in [-0.25, -0.2) is 4.99 Å². The second kappa shape index (κ2) is 8.88. The van der Waals surface area contributed by atoms with E-state index in [0.29, 0.717) is 28.3 Å². The summed E-state index contributed by atoms with van der Waals surface area (Å²) in [7, 11) is 0. The van der Waals surface area contributed by atoms with Crippen molar-refractivity contribution in [1.29, 1.82) is 0 Å². The summed E-state index contributed by atoms with van der Waals surface area (Å²) in [6, 6.07) is 14.4. The first-order valence-electron chi connectivity index (χ1n) is 10.3. The quantitative estimate of drug-likeness (QED) is 0.557. The van der Waals surface area contributed by atoms with Crippen molar-refractivity contribution in [2.75, 3.05) is 16.8 Å². The van der Waals surface area contributed by atoms with Crippen LogP contribution in [0.15, 0.2) is 58.9 Å². The Bertz CT molecular complexity index is 1230. The molecule has 0 spiro atoms. The lowest BCUT2D eigenvalue weighted by atomic mass is 10.1. The number of aliphatic imine (C=N–C) groups is 1.